The maximum absolute atomic E-state index is 13.1. The summed E-state index contributed by atoms with van der Waals surface area (Å²) in [5, 5.41) is 10.7. The Labute approximate surface area is 197 Å². The van der Waals surface area contributed by atoms with Gasteiger partial charge in [-0.25, -0.2) is 0 Å². The molecule has 6 rings (SSSR count). The molecular weight excluding hydrogens is 428 g/mol. The minimum atomic E-state index is -0.164. The van der Waals surface area contributed by atoms with E-state index in [1.165, 1.54) is 0 Å². The van der Waals surface area contributed by atoms with Gasteiger partial charge in [-0.1, -0.05) is 30.3 Å². The van der Waals surface area contributed by atoms with Crippen molar-refractivity contribution < 1.29 is 14.6 Å². The lowest BCUT2D eigenvalue weighted by Gasteiger charge is -2.42. The van der Waals surface area contributed by atoms with Gasteiger partial charge in [0.25, 0.3) is 5.56 Å². The van der Waals surface area contributed by atoms with Gasteiger partial charge < -0.3 is 14.4 Å². The van der Waals surface area contributed by atoms with Crippen LogP contribution in [-0.4, -0.2) is 33.4 Å². The Morgan fingerprint density at radius 3 is 2.74 bits per heavy atom. The molecule has 1 saturated heterocycles. The van der Waals surface area contributed by atoms with Crippen LogP contribution < -0.4 is 10.3 Å². The van der Waals surface area contributed by atoms with Crippen LogP contribution in [0.5, 0.6) is 11.5 Å². The highest BCUT2D eigenvalue weighted by Gasteiger charge is 2.36. The van der Waals surface area contributed by atoms with Gasteiger partial charge in [0.2, 0.25) is 5.78 Å². The van der Waals surface area contributed by atoms with Crippen molar-refractivity contribution in [3.8, 4) is 11.5 Å². The van der Waals surface area contributed by atoms with Gasteiger partial charge in [0.05, 0.1) is 11.1 Å². The fraction of sp³-hybridized carbons (Fsp3) is 0.286. The topological polar surface area (TPSA) is 71.8 Å². The molecule has 1 aromatic heterocycles. The molecule has 34 heavy (non-hydrogen) atoms. The number of ether oxygens (including phenoxy) is 1. The fourth-order valence-electron chi connectivity index (χ4n) is 5.69. The van der Waals surface area contributed by atoms with Gasteiger partial charge in [0.1, 0.15) is 11.5 Å². The van der Waals surface area contributed by atoms with Crippen molar-refractivity contribution in [2.24, 2.45) is 5.92 Å². The van der Waals surface area contributed by atoms with Crippen molar-refractivity contribution >= 4 is 11.9 Å². The van der Waals surface area contributed by atoms with Crippen LogP contribution in [-0.2, 0) is 13.1 Å². The number of aryl methyl sites for hydroxylation is 1. The highest BCUT2D eigenvalue weighted by atomic mass is 16.5. The maximum Gasteiger partial charge on any atom is 0.250 e. The summed E-state index contributed by atoms with van der Waals surface area (Å²) < 4.78 is 7.99. The number of pyridine rings is 1. The van der Waals surface area contributed by atoms with Gasteiger partial charge in [-0.05, 0) is 54.7 Å². The van der Waals surface area contributed by atoms with E-state index in [2.05, 4.69) is 4.90 Å². The summed E-state index contributed by atoms with van der Waals surface area (Å²) in [6.45, 7) is 4.84. The molecule has 6 nitrogen and oxygen atoms in total. The maximum atomic E-state index is 13.1. The van der Waals surface area contributed by atoms with Crippen molar-refractivity contribution in [3.63, 3.8) is 0 Å². The number of carbonyl (C=O) groups is 1. The number of rotatable bonds is 3. The van der Waals surface area contributed by atoms with E-state index < -0.39 is 0 Å². The van der Waals surface area contributed by atoms with E-state index in [0.29, 0.717) is 29.3 Å². The number of likely N-dealkylation sites (tertiary alicyclic amines) is 1. The second-order valence-corrected chi connectivity index (χ2v) is 9.63. The summed E-state index contributed by atoms with van der Waals surface area (Å²) in [7, 11) is 0. The molecule has 2 bridgehead atoms. The van der Waals surface area contributed by atoms with E-state index >= 15 is 0 Å². The number of aromatic hydroxyl groups is 1. The monoisotopic (exact) mass is 454 g/mol. The van der Waals surface area contributed by atoms with Gasteiger partial charge in [-0.3, -0.25) is 14.5 Å². The van der Waals surface area contributed by atoms with Crippen LogP contribution >= 0.6 is 0 Å². The first kappa shape index (κ1) is 20.9. The Balaban J connectivity index is 1.29. The molecule has 1 fully saturated rings. The van der Waals surface area contributed by atoms with Crippen molar-refractivity contribution in [1.29, 1.82) is 0 Å². The first-order valence-corrected chi connectivity index (χ1v) is 11.7. The normalized spacial score (nSPS) is 22.4. The summed E-state index contributed by atoms with van der Waals surface area (Å²) in [6, 6.07) is 16.6. The van der Waals surface area contributed by atoms with Crippen LogP contribution in [0, 0.1) is 12.8 Å². The molecule has 2 atom stereocenters. The van der Waals surface area contributed by atoms with Crippen LogP contribution in [0.2, 0.25) is 0 Å². The average molecular weight is 455 g/mol. The SMILES string of the molecule is Cc1ccccc1/C=C1\Oc2c(ccc(O)c2CN2C[C@H]3C[C@@H](C2)c2cccc(=O)n2C3)C1=O. The van der Waals surface area contributed by atoms with Gasteiger partial charge in [-0.2, -0.15) is 0 Å². The molecule has 3 aromatic rings. The number of benzene rings is 2. The third-order valence-corrected chi connectivity index (χ3v) is 7.33. The number of allylic oxidation sites excluding steroid dienone is 1. The Morgan fingerprint density at radius 1 is 1.03 bits per heavy atom. The number of carbonyl (C=O) groups excluding carboxylic acids is 1. The van der Waals surface area contributed by atoms with E-state index in [1.54, 1.807) is 24.3 Å². The first-order valence-electron chi connectivity index (χ1n) is 11.7. The quantitative estimate of drug-likeness (QED) is 0.604. The Bertz CT molecular complexity index is 1400. The average Bonchev–Trinajstić information content (AvgIpc) is 3.13. The molecule has 0 saturated carbocycles. The molecule has 4 heterocycles. The Kier molecular flexibility index (Phi) is 4.92. The number of phenolic OH excluding ortho intramolecular Hbond substituents is 1. The van der Waals surface area contributed by atoms with Crippen LogP contribution in [0.3, 0.4) is 0 Å². The van der Waals surface area contributed by atoms with Crippen LogP contribution in [0.1, 0.15) is 45.1 Å². The van der Waals surface area contributed by atoms with Crippen molar-refractivity contribution in [2.75, 3.05) is 13.1 Å². The minimum absolute atomic E-state index is 0.0686. The zero-order valence-corrected chi connectivity index (χ0v) is 19.0. The number of fused-ring (bicyclic) bond motifs is 5. The van der Waals surface area contributed by atoms with E-state index in [1.807, 2.05) is 47.9 Å². The number of hydrogen-bond acceptors (Lipinski definition) is 5. The van der Waals surface area contributed by atoms with E-state index in [4.69, 9.17) is 4.74 Å². The Morgan fingerprint density at radius 2 is 1.88 bits per heavy atom. The third kappa shape index (κ3) is 3.46. The third-order valence-electron chi connectivity index (χ3n) is 7.33. The predicted octanol–water partition coefficient (Wildman–Crippen LogP) is 4.10. The van der Waals surface area contributed by atoms with Crippen LogP contribution in [0.4, 0.5) is 0 Å². The van der Waals surface area contributed by atoms with Crippen molar-refractivity contribution in [2.45, 2.75) is 32.4 Å². The molecule has 0 amide bonds. The molecule has 3 aliphatic rings. The molecule has 0 unspecified atom stereocenters. The largest absolute Gasteiger partial charge is 0.507 e. The van der Waals surface area contributed by atoms with Crippen molar-refractivity contribution in [1.82, 2.24) is 9.47 Å². The molecule has 172 valence electrons. The Hall–Kier alpha value is -3.64. The summed E-state index contributed by atoms with van der Waals surface area (Å²) >= 11 is 0. The van der Waals surface area contributed by atoms with Gasteiger partial charge in [0.15, 0.2) is 5.76 Å². The molecule has 6 heteroatoms. The van der Waals surface area contributed by atoms with E-state index in [0.717, 1.165) is 42.9 Å². The second kappa shape index (κ2) is 7.99. The zero-order valence-electron chi connectivity index (χ0n) is 19.0. The molecular formula is C28H26N2O4. The molecule has 2 aromatic carbocycles. The number of ketones is 1. The smallest absolute Gasteiger partial charge is 0.250 e. The lowest BCUT2D eigenvalue weighted by atomic mass is 9.83. The number of aromatic nitrogens is 1. The number of hydrogen-bond donors (Lipinski definition) is 1. The van der Waals surface area contributed by atoms with Gasteiger partial charge in [-0.15, -0.1) is 0 Å². The molecule has 1 N–H and O–H groups in total. The van der Waals surface area contributed by atoms with E-state index in [-0.39, 0.29) is 28.8 Å². The predicted molar refractivity (Wildman–Crippen MR) is 129 cm³/mol. The molecule has 0 radical (unpaired) electrons. The standard InChI is InChI=1S/C28H26N2O4/c1-17-5-2-3-6-19(17)12-25-27(33)21-9-10-24(31)22(28(21)34-25)16-29-13-18-11-20(15-29)23-7-4-8-26(32)30(23)14-18/h2-10,12,18,20,31H,11,13-16H2,1H3/b25-12-/t18-,20+/m1/s1. The number of phenols is 1. The highest BCUT2D eigenvalue weighted by Crippen LogP contribution is 2.42. The first-order chi connectivity index (χ1) is 16.5. The number of piperidine rings is 1. The van der Waals surface area contributed by atoms with Crippen LogP contribution in [0.25, 0.3) is 6.08 Å². The summed E-state index contributed by atoms with van der Waals surface area (Å²) in [5.41, 5.74) is 4.28. The number of Topliss-reactive ketones (excluding diaryl/α,β-unsaturated/α-hetero) is 1. The minimum Gasteiger partial charge on any atom is -0.507 e. The van der Waals surface area contributed by atoms with Gasteiger partial charge >= 0.3 is 0 Å². The lowest BCUT2D eigenvalue weighted by molar-refractivity contribution is 0.101. The van der Waals surface area contributed by atoms with Crippen LogP contribution in [0.15, 0.2) is 65.2 Å². The summed E-state index contributed by atoms with van der Waals surface area (Å²) in [5.74, 6) is 1.36. The highest BCUT2D eigenvalue weighted by molar-refractivity contribution is 6.15. The lowest BCUT2D eigenvalue weighted by Crippen LogP contribution is -2.46. The fourth-order valence-corrected chi connectivity index (χ4v) is 5.69. The zero-order chi connectivity index (χ0) is 23.4. The van der Waals surface area contributed by atoms with E-state index in [9.17, 15) is 14.7 Å². The molecule has 0 spiro atoms. The molecule has 3 aliphatic heterocycles. The molecule has 0 aliphatic carbocycles. The van der Waals surface area contributed by atoms with Crippen molar-refractivity contribution in [3.05, 3.63) is 98.7 Å². The summed E-state index contributed by atoms with van der Waals surface area (Å²) in [4.78, 5) is 27.7. The number of nitrogens with zero attached hydrogens (tertiary/aromatic N) is 2. The second-order valence-electron chi connectivity index (χ2n) is 9.63. The summed E-state index contributed by atoms with van der Waals surface area (Å²) in [6.07, 6.45) is 2.84. The van der Waals surface area contributed by atoms with Gasteiger partial charge in [0, 0.05) is 43.9 Å².